The van der Waals surface area contributed by atoms with E-state index < -0.39 is 12.1 Å². The standard InChI is InChI=1S/C32H50N4O2/c1-35(2)29(23-25-17-11-9-12-18-25)31(37)27(33)21-15-7-5-6-8-16-22-28(34)32(38)30(36(3)4)24-26-19-13-10-14-20-26/h9-14,17-20,27-30H,5-8,15-16,21-24,33-34H2,1-4H3/t27?,28?,29-,30-/m0/s1. The van der Waals surface area contributed by atoms with Crippen molar-refractivity contribution in [3.05, 3.63) is 71.8 Å². The van der Waals surface area contributed by atoms with Gasteiger partial charge >= 0.3 is 0 Å². The zero-order chi connectivity index (χ0) is 27.9. The van der Waals surface area contributed by atoms with E-state index in [2.05, 4.69) is 24.3 Å². The van der Waals surface area contributed by atoms with E-state index in [0.29, 0.717) is 12.8 Å². The van der Waals surface area contributed by atoms with Crippen molar-refractivity contribution in [2.75, 3.05) is 28.2 Å². The fourth-order valence-electron chi connectivity index (χ4n) is 4.96. The minimum absolute atomic E-state index is 0.126. The summed E-state index contributed by atoms with van der Waals surface area (Å²) in [5.74, 6) is 0.251. The number of unbranched alkanes of at least 4 members (excludes halogenated alkanes) is 5. The van der Waals surface area contributed by atoms with Gasteiger partial charge in [0.1, 0.15) is 0 Å². The number of rotatable bonds is 19. The van der Waals surface area contributed by atoms with Crippen molar-refractivity contribution in [2.45, 2.75) is 88.4 Å². The van der Waals surface area contributed by atoms with E-state index in [0.717, 1.165) is 62.5 Å². The molecule has 0 aromatic heterocycles. The van der Waals surface area contributed by atoms with Crippen LogP contribution in [-0.4, -0.2) is 73.7 Å². The molecule has 0 bridgehead atoms. The van der Waals surface area contributed by atoms with E-state index in [-0.39, 0.29) is 23.7 Å². The molecule has 2 unspecified atom stereocenters. The van der Waals surface area contributed by atoms with Crippen LogP contribution in [0.2, 0.25) is 0 Å². The van der Waals surface area contributed by atoms with Crippen LogP contribution in [0.4, 0.5) is 0 Å². The predicted octanol–water partition coefficient (Wildman–Crippen LogP) is 4.25. The number of likely N-dealkylation sites (N-methyl/N-ethyl adjacent to an activating group) is 2. The molecule has 0 saturated heterocycles. The Balaban J connectivity index is 1.63. The Kier molecular flexibility index (Phi) is 14.5. The molecular formula is C32H50N4O2. The Morgan fingerprint density at radius 1 is 0.579 bits per heavy atom. The molecule has 0 aliphatic rings. The van der Waals surface area contributed by atoms with E-state index >= 15 is 0 Å². The van der Waals surface area contributed by atoms with Crippen LogP contribution in [0.1, 0.15) is 62.5 Å². The molecule has 0 radical (unpaired) electrons. The molecule has 4 N–H and O–H groups in total. The summed E-state index contributed by atoms with van der Waals surface area (Å²) < 4.78 is 0. The van der Waals surface area contributed by atoms with Gasteiger partial charge in [-0.05, 0) is 65.0 Å². The average Bonchev–Trinajstić information content (AvgIpc) is 2.91. The Labute approximate surface area is 230 Å². The van der Waals surface area contributed by atoms with Gasteiger partial charge in [-0.2, -0.15) is 0 Å². The van der Waals surface area contributed by atoms with Gasteiger partial charge < -0.3 is 11.5 Å². The van der Waals surface area contributed by atoms with Crippen LogP contribution >= 0.6 is 0 Å². The minimum atomic E-state index is -0.421. The van der Waals surface area contributed by atoms with Crippen LogP contribution in [0.15, 0.2) is 60.7 Å². The zero-order valence-electron chi connectivity index (χ0n) is 24.0. The Morgan fingerprint density at radius 3 is 1.21 bits per heavy atom. The van der Waals surface area contributed by atoms with Gasteiger partial charge in [-0.25, -0.2) is 0 Å². The number of Topliss-reactive ketones (excluding diaryl/α,β-unsaturated/α-hetero) is 2. The summed E-state index contributed by atoms with van der Waals surface area (Å²) in [6.07, 6.45) is 9.10. The van der Waals surface area contributed by atoms with Crippen molar-refractivity contribution < 1.29 is 9.59 Å². The van der Waals surface area contributed by atoms with Crippen LogP contribution in [0.3, 0.4) is 0 Å². The number of nitrogens with zero attached hydrogens (tertiary/aromatic N) is 2. The normalized spacial score (nSPS) is 14.8. The summed E-state index contributed by atoms with van der Waals surface area (Å²) in [6, 6.07) is 19.0. The number of benzene rings is 2. The fourth-order valence-corrected chi connectivity index (χ4v) is 4.96. The Hall–Kier alpha value is -2.38. The molecule has 38 heavy (non-hydrogen) atoms. The summed E-state index contributed by atoms with van der Waals surface area (Å²) >= 11 is 0. The highest BCUT2D eigenvalue weighted by Gasteiger charge is 2.27. The maximum Gasteiger partial charge on any atom is 0.166 e. The molecule has 0 amide bonds. The van der Waals surface area contributed by atoms with Crippen LogP contribution < -0.4 is 11.5 Å². The van der Waals surface area contributed by atoms with Gasteiger partial charge in [-0.1, -0.05) is 99.2 Å². The molecule has 4 atom stereocenters. The van der Waals surface area contributed by atoms with Gasteiger partial charge in [0.25, 0.3) is 0 Å². The topological polar surface area (TPSA) is 92.7 Å². The van der Waals surface area contributed by atoms with E-state index in [4.69, 9.17) is 11.5 Å². The van der Waals surface area contributed by atoms with E-state index in [1.165, 1.54) is 0 Å². The molecule has 2 aromatic rings. The first-order valence-electron chi connectivity index (χ1n) is 14.2. The lowest BCUT2D eigenvalue weighted by Gasteiger charge is -2.26. The fraction of sp³-hybridized carbons (Fsp3) is 0.562. The zero-order valence-corrected chi connectivity index (χ0v) is 24.0. The summed E-state index contributed by atoms with van der Waals surface area (Å²) in [4.78, 5) is 30.0. The van der Waals surface area contributed by atoms with Gasteiger partial charge in [-0.3, -0.25) is 19.4 Å². The Morgan fingerprint density at radius 2 is 0.895 bits per heavy atom. The van der Waals surface area contributed by atoms with Crippen LogP contribution in [-0.2, 0) is 22.4 Å². The van der Waals surface area contributed by atoms with E-state index in [1.807, 2.05) is 74.4 Å². The second-order valence-electron chi connectivity index (χ2n) is 11.1. The molecule has 0 spiro atoms. The van der Waals surface area contributed by atoms with Gasteiger partial charge in [-0.15, -0.1) is 0 Å². The molecular weight excluding hydrogens is 472 g/mol. The summed E-state index contributed by atoms with van der Waals surface area (Å²) in [6.45, 7) is 0. The molecule has 0 heterocycles. The summed E-state index contributed by atoms with van der Waals surface area (Å²) in [7, 11) is 7.78. The van der Waals surface area contributed by atoms with Crippen LogP contribution in [0, 0.1) is 0 Å². The van der Waals surface area contributed by atoms with Gasteiger partial charge in [0.05, 0.1) is 24.2 Å². The molecule has 6 heteroatoms. The summed E-state index contributed by atoms with van der Waals surface area (Å²) in [5.41, 5.74) is 14.9. The lowest BCUT2D eigenvalue weighted by molar-refractivity contribution is -0.125. The largest absolute Gasteiger partial charge is 0.321 e. The van der Waals surface area contributed by atoms with Crippen LogP contribution in [0.25, 0.3) is 0 Å². The molecule has 0 aliphatic heterocycles. The number of carbonyl (C=O) groups is 2. The first kappa shape index (κ1) is 31.8. The quantitative estimate of drug-likeness (QED) is 0.268. The first-order chi connectivity index (χ1) is 18.2. The number of hydrogen-bond acceptors (Lipinski definition) is 6. The number of ketones is 2. The maximum atomic E-state index is 13.0. The number of hydrogen-bond donors (Lipinski definition) is 2. The first-order valence-corrected chi connectivity index (χ1v) is 14.2. The van der Waals surface area contributed by atoms with Crippen molar-refractivity contribution in [1.29, 1.82) is 0 Å². The number of carbonyl (C=O) groups excluding carboxylic acids is 2. The second kappa shape index (κ2) is 17.3. The van der Waals surface area contributed by atoms with Gasteiger partial charge in [0.2, 0.25) is 0 Å². The molecule has 2 aromatic carbocycles. The predicted molar refractivity (Wildman–Crippen MR) is 158 cm³/mol. The minimum Gasteiger partial charge on any atom is -0.321 e. The lowest BCUT2D eigenvalue weighted by Crippen LogP contribution is -2.46. The van der Waals surface area contributed by atoms with Gasteiger partial charge in [0, 0.05) is 0 Å². The molecule has 2 rings (SSSR count). The van der Waals surface area contributed by atoms with E-state index in [9.17, 15) is 9.59 Å². The number of nitrogens with two attached hydrogens (primary N) is 2. The highest BCUT2D eigenvalue weighted by Crippen LogP contribution is 2.15. The molecule has 6 nitrogen and oxygen atoms in total. The monoisotopic (exact) mass is 522 g/mol. The Bertz CT molecular complexity index is 855. The average molecular weight is 523 g/mol. The molecule has 0 saturated carbocycles. The molecule has 210 valence electrons. The third-order valence-electron chi connectivity index (χ3n) is 7.46. The third kappa shape index (κ3) is 11.2. The molecule has 0 aliphatic carbocycles. The van der Waals surface area contributed by atoms with E-state index in [1.54, 1.807) is 0 Å². The molecule has 0 fully saturated rings. The van der Waals surface area contributed by atoms with Crippen molar-refractivity contribution in [1.82, 2.24) is 9.80 Å². The van der Waals surface area contributed by atoms with Crippen molar-refractivity contribution in [3.63, 3.8) is 0 Å². The third-order valence-corrected chi connectivity index (χ3v) is 7.46. The highest BCUT2D eigenvalue weighted by atomic mass is 16.1. The SMILES string of the molecule is CN(C)[C@@H](Cc1ccccc1)C(=O)C(N)CCCCCCCCC(N)C(=O)[C@H](Cc1ccccc1)N(C)C. The maximum absolute atomic E-state index is 13.0. The summed E-state index contributed by atoms with van der Waals surface area (Å²) in [5, 5.41) is 0. The van der Waals surface area contributed by atoms with Gasteiger partial charge in [0.15, 0.2) is 11.6 Å². The lowest BCUT2D eigenvalue weighted by atomic mass is 9.93. The van der Waals surface area contributed by atoms with Crippen molar-refractivity contribution >= 4 is 11.6 Å². The van der Waals surface area contributed by atoms with Crippen molar-refractivity contribution in [2.24, 2.45) is 11.5 Å². The smallest absolute Gasteiger partial charge is 0.166 e. The van der Waals surface area contributed by atoms with Crippen LogP contribution in [0.5, 0.6) is 0 Å². The van der Waals surface area contributed by atoms with Crippen molar-refractivity contribution in [3.8, 4) is 0 Å². The second-order valence-corrected chi connectivity index (χ2v) is 11.1. The highest BCUT2D eigenvalue weighted by molar-refractivity contribution is 5.89.